The van der Waals surface area contributed by atoms with Gasteiger partial charge in [-0.25, -0.2) is 13.2 Å². The number of hydrogen-bond acceptors (Lipinski definition) is 1. The Balaban J connectivity index is 2.21. The minimum Gasteiger partial charge on any atom is -0.377 e. The number of anilines is 1. The predicted octanol–water partition coefficient (Wildman–Crippen LogP) is 5.13. The average molecular weight is 351 g/mol. The molecule has 2 rings (SSSR count). The summed E-state index contributed by atoms with van der Waals surface area (Å²) in [5.74, 6) is -2.00. The lowest BCUT2D eigenvalue weighted by Gasteiger charge is -2.10. The van der Waals surface area contributed by atoms with E-state index in [4.69, 9.17) is 11.6 Å². The molecule has 2 aromatic rings. The first kappa shape index (κ1) is 14.2. The minimum absolute atomic E-state index is 0.0353. The Morgan fingerprint density at radius 1 is 1.05 bits per heavy atom. The summed E-state index contributed by atoms with van der Waals surface area (Å²) in [5, 5.41) is 2.57. The van der Waals surface area contributed by atoms with Gasteiger partial charge in [-0.3, -0.25) is 0 Å². The van der Waals surface area contributed by atoms with Crippen LogP contribution in [0.15, 0.2) is 34.8 Å². The Bertz CT molecular complexity index is 596. The number of benzene rings is 2. The van der Waals surface area contributed by atoms with Crippen molar-refractivity contribution in [1.82, 2.24) is 0 Å². The predicted molar refractivity (Wildman–Crippen MR) is 72.8 cm³/mol. The third-order valence-electron chi connectivity index (χ3n) is 2.47. The van der Waals surface area contributed by atoms with Crippen LogP contribution in [0, 0.1) is 17.5 Å². The van der Waals surface area contributed by atoms with Crippen LogP contribution in [0.2, 0.25) is 5.02 Å². The lowest BCUT2D eigenvalue weighted by molar-refractivity contribution is 0.584. The Kier molecular flexibility index (Phi) is 4.37. The van der Waals surface area contributed by atoms with Gasteiger partial charge in [0, 0.05) is 22.6 Å². The van der Waals surface area contributed by atoms with Gasteiger partial charge >= 0.3 is 0 Å². The molecule has 0 unspecified atom stereocenters. The minimum atomic E-state index is -0.819. The van der Waals surface area contributed by atoms with E-state index in [-0.39, 0.29) is 17.3 Å². The molecule has 2 aromatic carbocycles. The highest BCUT2D eigenvalue weighted by atomic mass is 79.9. The first-order valence-electron chi connectivity index (χ1n) is 5.29. The lowest BCUT2D eigenvalue weighted by atomic mass is 10.2. The average Bonchev–Trinajstić information content (AvgIpc) is 2.32. The van der Waals surface area contributed by atoms with Gasteiger partial charge in [0.1, 0.15) is 11.6 Å². The van der Waals surface area contributed by atoms with E-state index < -0.39 is 17.5 Å². The van der Waals surface area contributed by atoms with E-state index in [1.54, 1.807) is 12.1 Å². The van der Waals surface area contributed by atoms with Crippen LogP contribution in [0.3, 0.4) is 0 Å². The second-order valence-corrected chi connectivity index (χ2v) is 5.16. The van der Waals surface area contributed by atoms with Gasteiger partial charge in [0.15, 0.2) is 5.82 Å². The van der Waals surface area contributed by atoms with Crippen LogP contribution in [0.5, 0.6) is 0 Å². The third kappa shape index (κ3) is 3.42. The lowest BCUT2D eigenvalue weighted by Crippen LogP contribution is -2.04. The molecule has 0 saturated heterocycles. The van der Waals surface area contributed by atoms with Crippen molar-refractivity contribution >= 4 is 33.2 Å². The van der Waals surface area contributed by atoms with E-state index in [0.29, 0.717) is 16.1 Å². The Labute approximate surface area is 121 Å². The molecule has 0 aromatic heterocycles. The molecule has 0 aliphatic rings. The highest BCUT2D eigenvalue weighted by molar-refractivity contribution is 9.10. The molecule has 1 nitrogen and oxygen atoms in total. The molecule has 6 heteroatoms. The number of hydrogen-bond donors (Lipinski definition) is 1. The van der Waals surface area contributed by atoms with Crippen LogP contribution >= 0.6 is 27.5 Å². The van der Waals surface area contributed by atoms with Gasteiger partial charge < -0.3 is 5.32 Å². The van der Waals surface area contributed by atoms with Crippen LogP contribution in [0.1, 0.15) is 5.56 Å². The Morgan fingerprint density at radius 2 is 1.79 bits per heavy atom. The summed E-state index contributed by atoms with van der Waals surface area (Å²) < 4.78 is 40.6. The van der Waals surface area contributed by atoms with Crippen molar-refractivity contribution in [2.45, 2.75) is 6.54 Å². The molecule has 0 atom stereocenters. The quantitative estimate of drug-likeness (QED) is 0.809. The van der Waals surface area contributed by atoms with Crippen LogP contribution in [0.25, 0.3) is 0 Å². The maximum atomic E-state index is 13.5. The molecule has 100 valence electrons. The summed E-state index contributed by atoms with van der Waals surface area (Å²) in [4.78, 5) is 0. The second-order valence-electron chi connectivity index (χ2n) is 3.83. The SMILES string of the molecule is Fc1cc(F)c(NCc2cc(Br)ccc2F)c(Cl)c1. The molecule has 0 radical (unpaired) electrons. The van der Waals surface area contributed by atoms with Crippen LogP contribution < -0.4 is 5.32 Å². The molecular formula is C13H8BrClF3N. The van der Waals surface area contributed by atoms with Crippen LogP contribution in [-0.4, -0.2) is 0 Å². The Hall–Kier alpha value is -1.20. The first-order valence-corrected chi connectivity index (χ1v) is 6.47. The molecule has 0 heterocycles. The van der Waals surface area contributed by atoms with E-state index in [9.17, 15) is 13.2 Å². The van der Waals surface area contributed by atoms with Crippen molar-refractivity contribution in [1.29, 1.82) is 0 Å². The molecule has 0 fully saturated rings. The zero-order chi connectivity index (χ0) is 14.0. The molecule has 0 amide bonds. The molecule has 0 aliphatic heterocycles. The maximum Gasteiger partial charge on any atom is 0.150 e. The molecule has 0 bridgehead atoms. The number of nitrogens with one attached hydrogen (secondary N) is 1. The van der Waals surface area contributed by atoms with Gasteiger partial charge in [0.05, 0.1) is 10.7 Å². The molecule has 19 heavy (non-hydrogen) atoms. The normalized spacial score (nSPS) is 10.6. The molecular weight excluding hydrogens is 343 g/mol. The van der Waals surface area contributed by atoms with Crippen LogP contribution in [0.4, 0.5) is 18.9 Å². The van der Waals surface area contributed by atoms with E-state index in [1.165, 1.54) is 6.07 Å². The first-order chi connectivity index (χ1) is 8.97. The summed E-state index contributed by atoms with van der Waals surface area (Å²) >= 11 is 8.94. The van der Waals surface area contributed by atoms with Crippen molar-refractivity contribution < 1.29 is 13.2 Å². The van der Waals surface area contributed by atoms with Gasteiger partial charge in [-0.2, -0.15) is 0 Å². The van der Waals surface area contributed by atoms with E-state index >= 15 is 0 Å². The van der Waals surface area contributed by atoms with E-state index in [2.05, 4.69) is 21.2 Å². The monoisotopic (exact) mass is 349 g/mol. The summed E-state index contributed by atoms with van der Waals surface area (Å²) in [6.07, 6.45) is 0. The van der Waals surface area contributed by atoms with Gasteiger partial charge in [-0.15, -0.1) is 0 Å². The smallest absolute Gasteiger partial charge is 0.150 e. The summed E-state index contributed by atoms with van der Waals surface area (Å²) in [5.41, 5.74) is 0.289. The van der Waals surface area contributed by atoms with Crippen LogP contribution in [-0.2, 0) is 6.54 Å². The summed E-state index contributed by atoms with van der Waals surface area (Å²) in [7, 11) is 0. The second kappa shape index (κ2) is 5.84. The molecule has 0 aliphatic carbocycles. The van der Waals surface area contributed by atoms with Crippen molar-refractivity contribution in [2.75, 3.05) is 5.32 Å². The number of halogens is 5. The number of rotatable bonds is 3. The zero-order valence-electron chi connectivity index (χ0n) is 9.48. The fourth-order valence-electron chi connectivity index (χ4n) is 1.57. The van der Waals surface area contributed by atoms with E-state index in [0.717, 1.165) is 6.07 Å². The van der Waals surface area contributed by atoms with Gasteiger partial charge in [0.2, 0.25) is 0 Å². The fraction of sp³-hybridized carbons (Fsp3) is 0.0769. The van der Waals surface area contributed by atoms with Crippen molar-refractivity contribution in [3.05, 3.63) is 62.8 Å². The standard InChI is InChI=1S/C13H8BrClF3N/c14-8-1-2-11(17)7(3-8)6-19-13-10(15)4-9(16)5-12(13)18/h1-5,19H,6H2. The molecule has 0 saturated carbocycles. The zero-order valence-corrected chi connectivity index (χ0v) is 11.8. The van der Waals surface area contributed by atoms with Gasteiger partial charge in [0.25, 0.3) is 0 Å². The van der Waals surface area contributed by atoms with Gasteiger partial charge in [-0.05, 0) is 24.3 Å². The highest BCUT2D eigenvalue weighted by Crippen LogP contribution is 2.27. The molecule has 0 spiro atoms. The summed E-state index contributed by atoms with van der Waals surface area (Å²) in [6, 6.07) is 6.13. The van der Waals surface area contributed by atoms with Crippen molar-refractivity contribution in [3.63, 3.8) is 0 Å². The van der Waals surface area contributed by atoms with Crippen molar-refractivity contribution in [2.24, 2.45) is 0 Å². The molecule has 1 N–H and O–H groups in total. The third-order valence-corrected chi connectivity index (χ3v) is 3.26. The Morgan fingerprint density at radius 3 is 2.47 bits per heavy atom. The fourth-order valence-corrected chi connectivity index (χ4v) is 2.24. The van der Waals surface area contributed by atoms with Crippen molar-refractivity contribution in [3.8, 4) is 0 Å². The largest absolute Gasteiger partial charge is 0.377 e. The summed E-state index contributed by atoms with van der Waals surface area (Å²) in [6.45, 7) is 0.0353. The van der Waals surface area contributed by atoms with Gasteiger partial charge in [-0.1, -0.05) is 27.5 Å². The highest BCUT2D eigenvalue weighted by Gasteiger charge is 2.11. The topological polar surface area (TPSA) is 12.0 Å². The van der Waals surface area contributed by atoms with E-state index in [1.807, 2.05) is 0 Å². The maximum absolute atomic E-state index is 13.5.